The van der Waals surface area contributed by atoms with Crippen molar-refractivity contribution in [2.24, 2.45) is 5.73 Å². The molecule has 13 nitrogen and oxygen atoms in total. The third kappa shape index (κ3) is 9.43. The highest BCUT2D eigenvalue weighted by Gasteiger charge is 2.31. The zero-order chi connectivity index (χ0) is 28.4. The van der Waals surface area contributed by atoms with Gasteiger partial charge in [0.2, 0.25) is 17.7 Å². The number of carbonyl (C=O) groups excluding carboxylic acids is 3. The van der Waals surface area contributed by atoms with Gasteiger partial charge in [-0.3, -0.25) is 19.2 Å². The van der Waals surface area contributed by atoms with Crippen molar-refractivity contribution in [1.82, 2.24) is 16.0 Å². The number of carbonyl (C=O) groups is 5. The van der Waals surface area contributed by atoms with Gasteiger partial charge in [-0.2, -0.15) is 0 Å². The summed E-state index contributed by atoms with van der Waals surface area (Å²) in [7, 11) is 0. The Bertz CT molecular complexity index is 1150. The van der Waals surface area contributed by atoms with Gasteiger partial charge >= 0.3 is 11.9 Å². The van der Waals surface area contributed by atoms with Gasteiger partial charge in [-0.25, -0.2) is 4.79 Å². The molecule has 0 spiro atoms. The van der Waals surface area contributed by atoms with Gasteiger partial charge in [-0.15, -0.1) is 0 Å². The molecule has 0 aliphatic heterocycles. The van der Waals surface area contributed by atoms with E-state index >= 15 is 0 Å². The predicted molar refractivity (Wildman–Crippen MR) is 133 cm³/mol. The van der Waals surface area contributed by atoms with Crippen molar-refractivity contribution in [3.8, 4) is 11.5 Å². The maximum absolute atomic E-state index is 13.3. The van der Waals surface area contributed by atoms with E-state index in [1.165, 1.54) is 55.5 Å². The zero-order valence-corrected chi connectivity index (χ0v) is 20.5. The monoisotopic (exact) mass is 530 g/mol. The summed E-state index contributed by atoms with van der Waals surface area (Å²) in [5.41, 5.74) is 6.68. The van der Waals surface area contributed by atoms with Gasteiger partial charge in [-0.1, -0.05) is 24.3 Å². The molecule has 0 fully saturated rings. The van der Waals surface area contributed by atoms with Crippen molar-refractivity contribution >= 4 is 29.7 Å². The number of hydrogen-bond acceptors (Lipinski definition) is 8. The van der Waals surface area contributed by atoms with Crippen LogP contribution >= 0.6 is 0 Å². The van der Waals surface area contributed by atoms with Gasteiger partial charge in [0.15, 0.2) is 0 Å². The fourth-order valence-electron chi connectivity index (χ4n) is 3.38. The number of phenolic OH excluding ortho intramolecular Hbond substituents is 2. The SMILES string of the molecule is CC(N)C(=O)NC(Cc1ccc(O)cc1)C(=O)NC(Cc1ccc(O)cc1)C(=O)NC(CC(=O)O)C(=O)O. The fraction of sp³-hybridized carbons (Fsp3) is 0.320. The molecule has 0 saturated carbocycles. The molecule has 0 heterocycles. The maximum atomic E-state index is 13.3. The topological polar surface area (TPSA) is 228 Å². The lowest BCUT2D eigenvalue weighted by molar-refractivity contribution is -0.147. The standard InChI is InChI=1S/C25H30N4O9/c1-13(26)22(34)27-18(10-14-2-6-16(30)7-3-14)23(35)28-19(11-15-4-8-17(31)9-5-15)24(36)29-20(25(37)38)12-21(32)33/h2-9,13,18-20,30-31H,10-12,26H2,1H3,(H,27,34)(H,28,35)(H,29,36)(H,32,33)(H,37,38). The Morgan fingerprint density at radius 3 is 1.39 bits per heavy atom. The molecular weight excluding hydrogens is 500 g/mol. The molecule has 38 heavy (non-hydrogen) atoms. The van der Waals surface area contributed by atoms with Crippen molar-refractivity contribution in [3.05, 3.63) is 59.7 Å². The first kappa shape index (κ1) is 29.6. The molecule has 2 aromatic carbocycles. The summed E-state index contributed by atoms with van der Waals surface area (Å²) in [6.45, 7) is 1.42. The molecule has 0 radical (unpaired) electrons. The Hall–Kier alpha value is -4.65. The van der Waals surface area contributed by atoms with Crippen LogP contribution < -0.4 is 21.7 Å². The third-order valence-corrected chi connectivity index (χ3v) is 5.43. The van der Waals surface area contributed by atoms with Crippen molar-refractivity contribution in [2.75, 3.05) is 0 Å². The van der Waals surface area contributed by atoms with E-state index < -0.39 is 60.2 Å². The van der Waals surface area contributed by atoms with Crippen molar-refractivity contribution in [3.63, 3.8) is 0 Å². The minimum atomic E-state index is -1.76. The first-order valence-corrected chi connectivity index (χ1v) is 11.5. The van der Waals surface area contributed by atoms with Gasteiger partial charge < -0.3 is 42.1 Å². The second-order valence-corrected chi connectivity index (χ2v) is 8.65. The zero-order valence-electron chi connectivity index (χ0n) is 20.5. The molecule has 2 rings (SSSR count). The van der Waals surface area contributed by atoms with Crippen LogP contribution in [0.1, 0.15) is 24.5 Å². The van der Waals surface area contributed by atoms with E-state index in [4.69, 9.17) is 10.8 Å². The number of nitrogens with one attached hydrogen (secondary N) is 3. The number of rotatable bonds is 13. The van der Waals surface area contributed by atoms with Crippen molar-refractivity contribution in [1.29, 1.82) is 0 Å². The molecule has 13 heteroatoms. The third-order valence-electron chi connectivity index (χ3n) is 5.43. The highest BCUT2D eigenvalue weighted by atomic mass is 16.4. The molecule has 0 saturated heterocycles. The Morgan fingerprint density at radius 1 is 0.684 bits per heavy atom. The Labute approximate surface area is 217 Å². The smallest absolute Gasteiger partial charge is 0.326 e. The number of carboxylic acids is 2. The minimum absolute atomic E-state index is 0.00524. The Morgan fingerprint density at radius 2 is 1.05 bits per heavy atom. The summed E-state index contributed by atoms with van der Waals surface area (Å²) in [6, 6.07) is 6.26. The molecule has 2 aromatic rings. The predicted octanol–water partition coefficient (Wildman–Crippen LogP) is -0.756. The summed E-state index contributed by atoms with van der Waals surface area (Å²) >= 11 is 0. The number of phenols is 2. The molecule has 204 valence electrons. The van der Waals surface area contributed by atoms with Crippen molar-refractivity contribution < 1.29 is 44.4 Å². The average molecular weight is 531 g/mol. The Balaban J connectivity index is 2.32. The van der Waals surface area contributed by atoms with Gasteiger partial charge in [-0.05, 0) is 42.3 Å². The van der Waals surface area contributed by atoms with Gasteiger partial charge in [0.1, 0.15) is 29.6 Å². The molecule has 9 N–H and O–H groups in total. The molecule has 0 bridgehead atoms. The fourth-order valence-corrected chi connectivity index (χ4v) is 3.38. The summed E-state index contributed by atoms with van der Waals surface area (Å²) in [6.07, 6.45) is -1.08. The van der Waals surface area contributed by atoms with Crippen LogP contribution in [0, 0.1) is 0 Å². The summed E-state index contributed by atoms with van der Waals surface area (Å²) in [5.74, 6) is -5.49. The van der Waals surface area contributed by atoms with Crippen LogP contribution in [0.25, 0.3) is 0 Å². The van der Waals surface area contributed by atoms with Crippen molar-refractivity contribution in [2.45, 2.75) is 50.4 Å². The highest BCUT2D eigenvalue weighted by molar-refractivity contribution is 5.94. The number of carboxylic acid groups (broad SMARTS) is 2. The van der Waals surface area contributed by atoms with Crippen LogP contribution in [-0.4, -0.2) is 74.3 Å². The van der Waals surface area contributed by atoms with Gasteiger partial charge in [0.25, 0.3) is 0 Å². The van der Waals surface area contributed by atoms with Gasteiger partial charge in [0, 0.05) is 12.8 Å². The number of hydrogen-bond donors (Lipinski definition) is 8. The first-order valence-electron chi connectivity index (χ1n) is 11.5. The molecule has 3 amide bonds. The van der Waals surface area contributed by atoms with Crippen LogP contribution in [-0.2, 0) is 36.8 Å². The molecular formula is C25H30N4O9. The summed E-state index contributed by atoms with van der Waals surface area (Å²) < 4.78 is 0. The van der Waals surface area contributed by atoms with E-state index in [0.29, 0.717) is 11.1 Å². The van der Waals surface area contributed by atoms with Crippen LogP contribution in [0.15, 0.2) is 48.5 Å². The average Bonchev–Trinajstić information content (AvgIpc) is 2.84. The van der Waals surface area contributed by atoms with Crippen LogP contribution in [0.4, 0.5) is 0 Å². The number of aromatic hydroxyl groups is 2. The lowest BCUT2D eigenvalue weighted by atomic mass is 10.0. The second-order valence-electron chi connectivity index (χ2n) is 8.65. The Kier molecular flexibility index (Phi) is 10.6. The molecule has 0 aliphatic carbocycles. The van der Waals surface area contributed by atoms with Crippen LogP contribution in [0.2, 0.25) is 0 Å². The quantitative estimate of drug-likeness (QED) is 0.161. The molecule has 4 atom stereocenters. The lowest BCUT2D eigenvalue weighted by Gasteiger charge is -2.25. The van der Waals surface area contributed by atoms with E-state index in [9.17, 15) is 39.3 Å². The summed E-state index contributed by atoms with van der Waals surface area (Å²) in [5, 5.41) is 44.5. The first-order chi connectivity index (χ1) is 17.8. The van der Waals surface area contributed by atoms with E-state index in [2.05, 4.69) is 16.0 Å². The number of aliphatic carboxylic acids is 2. The molecule has 0 aromatic heterocycles. The van der Waals surface area contributed by atoms with Gasteiger partial charge in [0.05, 0.1) is 12.5 Å². The number of benzene rings is 2. The van der Waals surface area contributed by atoms with E-state index in [0.717, 1.165) is 0 Å². The van der Waals surface area contributed by atoms with E-state index in [1.807, 2.05) is 0 Å². The number of nitrogens with two attached hydrogens (primary N) is 1. The van der Waals surface area contributed by atoms with Crippen LogP contribution in [0.3, 0.4) is 0 Å². The normalized spacial score (nSPS) is 13.8. The lowest BCUT2D eigenvalue weighted by Crippen LogP contribution is -2.58. The maximum Gasteiger partial charge on any atom is 0.326 e. The van der Waals surface area contributed by atoms with Crippen LogP contribution in [0.5, 0.6) is 11.5 Å². The van der Waals surface area contributed by atoms with E-state index in [-0.39, 0.29) is 24.3 Å². The molecule has 0 aliphatic rings. The summed E-state index contributed by atoms with van der Waals surface area (Å²) in [4.78, 5) is 61.1. The molecule has 4 unspecified atom stereocenters. The highest BCUT2D eigenvalue weighted by Crippen LogP contribution is 2.14. The number of amides is 3. The second kappa shape index (κ2) is 13.6. The largest absolute Gasteiger partial charge is 0.508 e. The minimum Gasteiger partial charge on any atom is -0.508 e. The van der Waals surface area contributed by atoms with E-state index in [1.54, 1.807) is 0 Å².